The van der Waals surface area contributed by atoms with Crippen LogP contribution in [0.2, 0.25) is 0 Å². The molecule has 1 saturated carbocycles. The van der Waals surface area contributed by atoms with Crippen LogP contribution in [0, 0.1) is 5.92 Å². The van der Waals surface area contributed by atoms with Crippen LogP contribution >= 0.6 is 0 Å². The zero-order chi connectivity index (χ0) is 14.5. The molecule has 0 amide bonds. The highest BCUT2D eigenvalue weighted by molar-refractivity contribution is 4.93. The summed E-state index contributed by atoms with van der Waals surface area (Å²) in [7, 11) is 0. The largest absolute Gasteiger partial charge is 0.370 e. The summed E-state index contributed by atoms with van der Waals surface area (Å²) < 4.78 is 6.52. The van der Waals surface area contributed by atoms with Gasteiger partial charge in [-0.1, -0.05) is 19.8 Å². The van der Waals surface area contributed by atoms with Gasteiger partial charge in [-0.2, -0.15) is 0 Å². The fraction of sp³-hybridized carbons (Fsp3) is 1.00. The molecule has 0 aromatic rings. The van der Waals surface area contributed by atoms with Crippen LogP contribution in [0.25, 0.3) is 0 Å². The first-order chi connectivity index (χ1) is 10.3. The number of piperidine rings is 1. The van der Waals surface area contributed by atoms with Gasteiger partial charge in [-0.05, 0) is 70.5 Å². The highest BCUT2D eigenvalue weighted by Crippen LogP contribution is 2.43. The van der Waals surface area contributed by atoms with Crippen LogP contribution in [0.5, 0.6) is 0 Å². The molecule has 122 valence electrons. The third-order valence-corrected chi connectivity index (χ3v) is 5.77. The van der Waals surface area contributed by atoms with Gasteiger partial charge in [0.05, 0.1) is 11.7 Å². The van der Waals surface area contributed by atoms with Crippen LogP contribution in [-0.4, -0.2) is 49.3 Å². The summed E-state index contributed by atoms with van der Waals surface area (Å²) in [6.07, 6.45) is 12.6. The Morgan fingerprint density at radius 1 is 1.10 bits per heavy atom. The van der Waals surface area contributed by atoms with E-state index in [-0.39, 0.29) is 0 Å². The Morgan fingerprint density at radius 2 is 1.95 bits per heavy atom. The zero-order valence-corrected chi connectivity index (χ0v) is 13.9. The van der Waals surface area contributed by atoms with Gasteiger partial charge in [0.2, 0.25) is 0 Å². The Hall–Kier alpha value is -0.120. The molecule has 0 radical (unpaired) electrons. The van der Waals surface area contributed by atoms with Gasteiger partial charge in [-0.15, -0.1) is 0 Å². The lowest BCUT2D eigenvalue weighted by Gasteiger charge is -2.32. The van der Waals surface area contributed by atoms with Crippen molar-refractivity contribution in [1.29, 1.82) is 0 Å². The van der Waals surface area contributed by atoms with Crippen molar-refractivity contribution in [3.05, 3.63) is 0 Å². The average molecular weight is 294 g/mol. The summed E-state index contributed by atoms with van der Waals surface area (Å²) in [6.45, 7) is 8.43. The molecule has 0 aromatic carbocycles. The van der Waals surface area contributed by atoms with Gasteiger partial charge in [0.1, 0.15) is 0 Å². The Balaban J connectivity index is 1.48. The minimum atomic E-state index is 0.301. The van der Waals surface area contributed by atoms with Gasteiger partial charge in [0, 0.05) is 13.1 Å². The predicted octanol–water partition coefficient (Wildman–Crippen LogP) is 3.19. The third-order valence-electron chi connectivity index (χ3n) is 5.77. The molecule has 1 N–H and O–H groups in total. The van der Waals surface area contributed by atoms with E-state index in [9.17, 15) is 0 Å². The molecule has 3 aliphatic rings. The highest BCUT2D eigenvalue weighted by atomic mass is 16.5. The van der Waals surface area contributed by atoms with Crippen molar-refractivity contribution in [2.24, 2.45) is 5.92 Å². The Morgan fingerprint density at radius 3 is 2.67 bits per heavy atom. The Bertz CT molecular complexity index is 308. The second-order valence-electron chi connectivity index (χ2n) is 7.64. The summed E-state index contributed by atoms with van der Waals surface area (Å²) in [6, 6.07) is 0. The van der Waals surface area contributed by atoms with Crippen LogP contribution in [-0.2, 0) is 4.74 Å². The van der Waals surface area contributed by atoms with Gasteiger partial charge < -0.3 is 15.0 Å². The van der Waals surface area contributed by atoms with Gasteiger partial charge >= 0.3 is 0 Å². The fourth-order valence-electron chi connectivity index (χ4n) is 4.72. The van der Waals surface area contributed by atoms with E-state index in [1.165, 1.54) is 90.5 Å². The lowest BCUT2D eigenvalue weighted by Crippen LogP contribution is -2.42. The van der Waals surface area contributed by atoms with Crippen molar-refractivity contribution in [2.45, 2.75) is 76.4 Å². The summed E-state index contributed by atoms with van der Waals surface area (Å²) in [4.78, 5) is 2.69. The van der Waals surface area contributed by atoms with Crippen LogP contribution < -0.4 is 5.32 Å². The normalized spacial score (nSPS) is 32.3. The molecule has 2 atom stereocenters. The average Bonchev–Trinajstić information content (AvgIpc) is 3.11. The topological polar surface area (TPSA) is 24.5 Å². The first-order valence-corrected chi connectivity index (χ1v) is 9.40. The van der Waals surface area contributed by atoms with E-state index in [0.717, 1.165) is 5.92 Å². The van der Waals surface area contributed by atoms with Crippen molar-refractivity contribution in [1.82, 2.24) is 10.2 Å². The second-order valence-corrected chi connectivity index (χ2v) is 7.64. The van der Waals surface area contributed by atoms with Gasteiger partial charge in [-0.3, -0.25) is 0 Å². The third kappa shape index (κ3) is 4.20. The summed E-state index contributed by atoms with van der Waals surface area (Å²) in [5, 5.41) is 3.56. The SMILES string of the molecule is CCCN(CC1CCCNC1)CC1CCC2(CCCC2)O1. The van der Waals surface area contributed by atoms with Gasteiger partial charge in [-0.25, -0.2) is 0 Å². The van der Waals surface area contributed by atoms with Gasteiger partial charge in [0.25, 0.3) is 0 Å². The van der Waals surface area contributed by atoms with Crippen molar-refractivity contribution in [3.8, 4) is 0 Å². The maximum absolute atomic E-state index is 6.52. The van der Waals surface area contributed by atoms with Crippen molar-refractivity contribution in [2.75, 3.05) is 32.7 Å². The summed E-state index contributed by atoms with van der Waals surface area (Å²) >= 11 is 0. The van der Waals surface area contributed by atoms with Crippen molar-refractivity contribution >= 4 is 0 Å². The zero-order valence-electron chi connectivity index (χ0n) is 13.9. The monoisotopic (exact) mass is 294 g/mol. The Labute approximate surface area is 130 Å². The van der Waals surface area contributed by atoms with E-state index in [1.54, 1.807) is 0 Å². The molecule has 2 unspecified atom stereocenters. The molecule has 21 heavy (non-hydrogen) atoms. The number of ether oxygens (including phenoxy) is 1. The number of nitrogens with one attached hydrogen (secondary N) is 1. The first-order valence-electron chi connectivity index (χ1n) is 9.40. The van der Waals surface area contributed by atoms with Crippen LogP contribution in [0.4, 0.5) is 0 Å². The number of hydrogen-bond donors (Lipinski definition) is 1. The minimum Gasteiger partial charge on any atom is -0.370 e. The van der Waals surface area contributed by atoms with E-state index in [4.69, 9.17) is 4.74 Å². The lowest BCUT2D eigenvalue weighted by molar-refractivity contribution is -0.0486. The van der Waals surface area contributed by atoms with Crippen LogP contribution in [0.1, 0.15) is 64.7 Å². The van der Waals surface area contributed by atoms with E-state index >= 15 is 0 Å². The molecule has 0 bridgehead atoms. The summed E-state index contributed by atoms with van der Waals surface area (Å²) in [5.74, 6) is 0.854. The van der Waals surface area contributed by atoms with E-state index in [1.807, 2.05) is 0 Å². The van der Waals surface area contributed by atoms with E-state index in [2.05, 4.69) is 17.1 Å². The molecule has 2 aliphatic heterocycles. The van der Waals surface area contributed by atoms with E-state index in [0.29, 0.717) is 11.7 Å². The van der Waals surface area contributed by atoms with E-state index < -0.39 is 0 Å². The van der Waals surface area contributed by atoms with Crippen LogP contribution in [0.3, 0.4) is 0 Å². The van der Waals surface area contributed by atoms with Crippen molar-refractivity contribution in [3.63, 3.8) is 0 Å². The number of hydrogen-bond acceptors (Lipinski definition) is 3. The van der Waals surface area contributed by atoms with Crippen LogP contribution in [0.15, 0.2) is 0 Å². The second kappa shape index (κ2) is 7.43. The molecule has 3 heteroatoms. The molecule has 2 heterocycles. The first kappa shape index (κ1) is 15.8. The maximum Gasteiger partial charge on any atom is 0.0710 e. The molecule has 3 nitrogen and oxygen atoms in total. The highest BCUT2D eigenvalue weighted by Gasteiger charge is 2.42. The lowest BCUT2D eigenvalue weighted by atomic mass is 9.97. The standard InChI is InChI=1S/C18H34N2O/c1-2-12-20(14-16-6-5-11-19-13-16)15-17-7-10-18(21-17)8-3-4-9-18/h16-17,19H,2-15H2,1H3. The fourth-order valence-corrected chi connectivity index (χ4v) is 4.72. The van der Waals surface area contributed by atoms with Gasteiger partial charge in [0.15, 0.2) is 0 Å². The smallest absolute Gasteiger partial charge is 0.0710 e. The molecular formula is C18H34N2O. The molecule has 0 aromatic heterocycles. The van der Waals surface area contributed by atoms with Crippen molar-refractivity contribution < 1.29 is 4.74 Å². The summed E-state index contributed by atoms with van der Waals surface area (Å²) in [5.41, 5.74) is 0.301. The Kier molecular flexibility index (Phi) is 5.58. The minimum absolute atomic E-state index is 0.301. The quantitative estimate of drug-likeness (QED) is 0.814. The molecule has 1 spiro atoms. The molecule has 3 rings (SSSR count). The predicted molar refractivity (Wildman–Crippen MR) is 87.6 cm³/mol. The number of nitrogens with zero attached hydrogens (tertiary/aromatic N) is 1. The molecular weight excluding hydrogens is 260 g/mol. The maximum atomic E-state index is 6.52. The molecule has 2 saturated heterocycles. The molecule has 1 aliphatic carbocycles. The molecule has 3 fully saturated rings. The number of rotatable bonds is 6.